The second-order valence-corrected chi connectivity index (χ2v) is 5.54. The van der Waals surface area contributed by atoms with Crippen molar-refractivity contribution in [3.05, 3.63) is 83.9 Å². The van der Waals surface area contributed by atoms with Crippen LogP contribution in [0, 0.1) is 13.8 Å². The maximum absolute atomic E-state index is 4.31. The molecule has 0 aromatic heterocycles. The van der Waals surface area contributed by atoms with E-state index in [9.17, 15) is 0 Å². The van der Waals surface area contributed by atoms with E-state index >= 15 is 0 Å². The van der Waals surface area contributed by atoms with E-state index in [2.05, 4.69) is 33.4 Å². The Kier molecular flexibility index (Phi) is 4.87. The summed E-state index contributed by atoms with van der Waals surface area (Å²) in [4.78, 5) is 0. The molecule has 0 N–H and O–H groups in total. The third-order valence-electron chi connectivity index (χ3n) is 3.51. The van der Waals surface area contributed by atoms with Crippen molar-refractivity contribution in [1.82, 2.24) is 0 Å². The van der Waals surface area contributed by atoms with Crippen LogP contribution in [0.15, 0.2) is 93.3 Å². The van der Waals surface area contributed by atoms with Gasteiger partial charge < -0.3 is 0 Å². The van der Waals surface area contributed by atoms with Crippen LogP contribution in [-0.4, -0.2) is 0 Å². The molecule has 0 bridgehead atoms. The molecule has 4 nitrogen and oxygen atoms in total. The molecule has 0 amide bonds. The molecule has 0 spiro atoms. The van der Waals surface area contributed by atoms with Gasteiger partial charge in [-0.2, -0.15) is 20.5 Å². The Labute approximate surface area is 141 Å². The summed E-state index contributed by atoms with van der Waals surface area (Å²) >= 11 is 0. The first-order valence-corrected chi connectivity index (χ1v) is 7.76. The highest BCUT2D eigenvalue weighted by Gasteiger charge is 1.97. The predicted octanol–water partition coefficient (Wildman–Crippen LogP) is 7.13. The minimum Gasteiger partial charge on any atom is -0.151 e. The fraction of sp³-hybridized carbons (Fsp3) is 0.100. The molecule has 0 heterocycles. The van der Waals surface area contributed by atoms with E-state index in [-0.39, 0.29) is 0 Å². The molecule has 24 heavy (non-hydrogen) atoms. The zero-order valence-electron chi connectivity index (χ0n) is 13.7. The molecule has 0 aliphatic carbocycles. The van der Waals surface area contributed by atoms with Crippen LogP contribution < -0.4 is 0 Å². The van der Waals surface area contributed by atoms with Crippen molar-refractivity contribution < 1.29 is 0 Å². The van der Waals surface area contributed by atoms with Gasteiger partial charge in [0, 0.05) is 0 Å². The molecular formula is C20H18N4. The van der Waals surface area contributed by atoms with Crippen LogP contribution in [0.1, 0.15) is 11.1 Å². The quantitative estimate of drug-likeness (QED) is 0.460. The van der Waals surface area contributed by atoms with Gasteiger partial charge in [0.2, 0.25) is 0 Å². The van der Waals surface area contributed by atoms with Crippen molar-refractivity contribution >= 4 is 22.7 Å². The summed E-state index contributed by atoms with van der Waals surface area (Å²) < 4.78 is 0. The number of benzene rings is 3. The van der Waals surface area contributed by atoms with Crippen molar-refractivity contribution in [2.75, 3.05) is 0 Å². The molecule has 0 saturated heterocycles. The smallest absolute Gasteiger partial charge is 0.0886 e. The van der Waals surface area contributed by atoms with E-state index in [1.54, 1.807) is 0 Å². The lowest BCUT2D eigenvalue weighted by molar-refractivity contribution is 1.19. The molecule has 3 aromatic carbocycles. The van der Waals surface area contributed by atoms with Gasteiger partial charge in [-0.25, -0.2) is 0 Å². The number of nitrogens with zero attached hydrogens (tertiary/aromatic N) is 4. The van der Waals surface area contributed by atoms with Crippen LogP contribution in [0.25, 0.3) is 0 Å². The van der Waals surface area contributed by atoms with Crippen LogP contribution >= 0.6 is 0 Å². The number of hydrogen-bond donors (Lipinski definition) is 0. The largest absolute Gasteiger partial charge is 0.151 e. The van der Waals surface area contributed by atoms with Crippen LogP contribution in [0.3, 0.4) is 0 Å². The Balaban J connectivity index is 1.70. The molecular weight excluding hydrogens is 296 g/mol. The summed E-state index contributed by atoms with van der Waals surface area (Å²) in [7, 11) is 0. The Morgan fingerprint density at radius 3 is 1.67 bits per heavy atom. The maximum atomic E-state index is 4.31. The van der Waals surface area contributed by atoms with Crippen LogP contribution in [-0.2, 0) is 0 Å². The van der Waals surface area contributed by atoms with E-state index in [0.717, 1.165) is 28.3 Å². The molecule has 4 heteroatoms. The average Bonchev–Trinajstić information content (AvgIpc) is 2.61. The van der Waals surface area contributed by atoms with Gasteiger partial charge in [0.05, 0.1) is 22.7 Å². The normalized spacial score (nSPS) is 11.4. The molecule has 0 unspecified atom stereocenters. The third kappa shape index (κ3) is 4.20. The molecule has 3 rings (SSSR count). The molecule has 0 aliphatic heterocycles. The Bertz CT molecular complexity index is 866. The molecule has 0 aliphatic rings. The highest BCUT2D eigenvalue weighted by molar-refractivity contribution is 5.50. The van der Waals surface area contributed by atoms with E-state index in [0.29, 0.717) is 0 Å². The molecule has 3 aromatic rings. The van der Waals surface area contributed by atoms with Gasteiger partial charge in [0.15, 0.2) is 0 Å². The fourth-order valence-corrected chi connectivity index (χ4v) is 2.23. The summed E-state index contributed by atoms with van der Waals surface area (Å²) in [6.07, 6.45) is 0. The van der Waals surface area contributed by atoms with Crippen molar-refractivity contribution in [1.29, 1.82) is 0 Å². The number of hydrogen-bond acceptors (Lipinski definition) is 4. The lowest BCUT2D eigenvalue weighted by Crippen LogP contribution is -1.76. The number of azo groups is 2. The van der Waals surface area contributed by atoms with Gasteiger partial charge >= 0.3 is 0 Å². The van der Waals surface area contributed by atoms with Gasteiger partial charge in [-0.05, 0) is 61.9 Å². The van der Waals surface area contributed by atoms with Gasteiger partial charge in [0.25, 0.3) is 0 Å². The monoisotopic (exact) mass is 314 g/mol. The average molecular weight is 314 g/mol. The first kappa shape index (κ1) is 15.7. The standard InChI is InChI=1S/C20H18N4/c1-15-8-13-20(16(2)14-15)24-23-19-11-9-18(10-12-19)22-21-17-6-4-3-5-7-17/h3-14H,1-2H3. The second-order valence-electron chi connectivity index (χ2n) is 5.54. The number of rotatable bonds is 4. The first-order chi connectivity index (χ1) is 11.7. The van der Waals surface area contributed by atoms with Gasteiger partial charge in [-0.15, -0.1) is 0 Å². The Morgan fingerprint density at radius 2 is 1.08 bits per heavy atom. The van der Waals surface area contributed by atoms with Gasteiger partial charge in [0.1, 0.15) is 0 Å². The topological polar surface area (TPSA) is 49.4 Å². The van der Waals surface area contributed by atoms with Crippen LogP contribution in [0.2, 0.25) is 0 Å². The summed E-state index contributed by atoms with van der Waals surface area (Å²) in [6.45, 7) is 4.10. The zero-order chi connectivity index (χ0) is 16.8. The van der Waals surface area contributed by atoms with Crippen LogP contribution in [0.4, 0.5) is 22.7 Å². The summed E-state index contributed by atoms with van der Waals surface area (Å²) in [6, 6.07) is 23.3. The summed E-state index contributed by atoms with van der Waals surface area (Å²) in [5.41, 5.74) is 5.62. The van der Waals surface area contributed by atoms with Crippen molar-refractivity contribution in [3.8, 4) is 0 Å². The fourth-order valence-electron chi connectivity index (χ4n) is 2.23. The molecule has 0 atom stereocenters. The van der Waals surface area contributed by atoms with E-state index in [1.807, 2.05) is 73.7 Å². The maximum Gasteiger partial charge on any atom is 0.0886 e. The predicted molar refractivity (Wildman–Crippen MR) is 97.2 cm³/mol. The highest BCUT2D eigenvalue weighted by Crippen LogP contribution is 2.25. The zero-order valence-corrected chi connectivity index (χ0v) is 13.7. The van der Waals surface area contributed by atoms with Crippen molar-refractivity contribution in [2.45, 2.75) is 13.8 Å². The lowest BCUT2D eigenvalue weighted by Gasteiger charge is -2.00. The van der Waals surface area contributed by atoms with E-state index in [1.165, 1.54) is 5.56 Å². The van der Waals surface area contributed by atoms with Gasteiger partial charge in [-0.3, -0.25) is 0 Å². The van der Waals surface area contributed by atoms with Gasteiger partial charge in [-0.1, -0.05) is 35.9 Å². The lowest BCUT2D eigenvalue weighted by atomic mass is 10.1. The van der Waals surface area contributed by atoms with E-state index < -0.39 is 0 Å². The molecule has 118 valence electrons. The molecule has 0 fully saturated rings. The summed E-state index contributed by atoms with van der Waals surface area (Å²) in [5.74, 6) is 0. The number of aryl methyl sites for hydroxylation is 2. The Morgan fingerprint density at radius 1 is 0.542 bits per heavy atom. The van der Waals surface area contributed by atoms with Crippen LogP contribution in [0.5, 0.6) is 0 Å². The summed E-state index contributed by atoms with van der Waals surface area (Å²) in [5, 5.41) is 17.0. The van der Waals surface area contributed by atoms with E-state index in [4.69, 9.17) is 0 Å². The molecule has 0 radical (unpaired) electrons. The minimum atomic E-state index is 0.782. The second kappa shape index (κ2) is 7.42. The Hall–Kier alpha value is -3.14. The SMILES string of the molecule is Cc1ccc(N=Nc2ccc(N=Nc3ccccc3)cc2)c(C)c1. The first-order valence-electron chi connectivity index (χ1n) is 7.76. The van der Waals surface area contributed by atoms with Crippen molar-refractivity contribution in [3.63, 3.8) is 0 Å². The van der Waals surface area contributed by atoms with Crippen molar-refractivity contribution in [2.24, 2.45) is 20.5 Å². The minimum absolute atomic E-state index is 0.782. The molecule has 0 saturated carbocycles. The third-order valence-corrected chi connectivity index (χ3v) is 3.51. The highest BCUT2D eigenvalue weighted by atomic mass is 15.1.